The Kier molecular flexibility index (Phi) is 4.38. The molecule has 112 valence electrons. The molecule has 1 aromatic rings. The number of alkyl halides is 3. The molecular formula is C11H14F3N3O2S. The molecule has 0 N–H and O–H groups in total. The van der Waals surface area contributed by atoms with Gasteiger partial charge in [-0.1, -0.05) is 5.16 Å². The zero-order valence-electron chi connectivity index (χ0n) is 11.0. The van der Waals surface area contributed by atoms with Crippen LogP contribution in [0.4, 0.5) is 13.2 Å². The van der Waals surface area contributed by atoms with Crippen LogP contribution in [0.5, 0.6) is 0 Å². The molecule has 0 aliphatic carbocycles. The zero-order chi connectivity index (χ0) is 14.9. The number of carbonyl (C=O) groups excluding carboxylic acids is 1. The molecule has 2 unspecified atom stereocenters. The maximum absolute atomic E-state index is 12.4. The maximum atomic E-state index is 12.4. The topological polar surface area (TPSA) is 59.2 Å². The van der Waals surface area contributed by atoms with Crippen LogP contribution < -0.4 is 0 Å². The Morgan fingerprint density at radius 3 is 2.85 bits per heavy atom. The molecular weight excluding hydrogens is 295 g/mol. The standard InChI is InChI=1S/C11H14F3N3O2S/c1-6(8(18)11(12,13)14)10-15-9(16-19-10)7-5-20-4-3-17(7)2/h6-7H,3-5H2,1-2H3. The lowest BCUT2D eigenvalue weighted by Crippen LogP contribution is -2.33. The Morgan fingerprint density at radius 1 is 1.55 bits per heavy atom. The van der Waals surface area contributed by atoms with Crippen molar-refractivity contribution < 1.29 is 22.5 Å². The highest BCUT2D eigenvalue weighted by Crippen LogP contribution is 2.29. The predicted octanol–water partition coefficient (Wildman–Crippen LogP) is 2.02. The summed E-state index contributed by atoms with van der Waals surface area (Å²) >= 11 is 1.72. The van der Waals surface area contributed by atoms with Crippen molar-refractivity contribution in [3.8, 4) is 0 Å². The van der Waals surface area contributed by atoms with Gasteiger partial charge in [0.15, 0.2) is 5.82 Å². The quantitative estimate of drug-likeness (QED) is 0.851. The van der Waals surface area contributed by atoms with Gasteiger partial charge < -0.3 is 4.52 Å². The van der Waals surface area contributed by atoms with Gasteiger partial charge in [0, 0.05) is 18.1 Å². The number of hydrogen-bond donors (Lipinski definition) is 0. The summed E-state index contributed by atoms with van der Waals surface area (Å²) in [5.74, 6) is -1.57. The lowest BCUT2D eigenvalue weighted by atomic mass is 10.1. The molecule has 2 rings (SSSR count). The van der Waals surface area contributed by atoms with Crippen LogP contribution in [-0.2, 0) is 4.79 Å². The summed E-state index contributed by atoms with van der Waals surface area (Å²) < 4.78 is 41.9. The number of nitrogens with zero attached hydrogens (tertiary/aromatic N) is 3. The summed E-state index contributed by atoms with van der Waals surface area (Å²) in [6, 6.07) is -0.0977. The highest BCUT2D eigenvalue weighted by molar-refractivity contribution is 7.99. The predicted molar refractivity (Wildman–Crippen MR) is 66.5 cm³/mol. The first-order valence-corrected chi connectivity index (χ1v) is 7.18. The van der Waals surface area contributed by atoms with E-state index in [4.69, 9.17) is 4.52 Å². The van der Waals surface area contributed by atoms with Gasteiger partial charge in [-0.3, -0.25) is 9.69 Å². The molecule has 0 saturated carbocycles. The summed E-state index contributed by atoms with van der Waals surface area (Å²) in [6.07, 6.45) is -4.90. The number of aromatic nitrogens is 2. The molecule has 9 heteroatoms. The number of halogens is 3. The van der Waals surface area contributed by atoms with Gasteiger partial charge in [0.2, 0.25) is 11.7 Å². The third kappa shape index (κ3) is 3.14. The monoisotopic (exact) mass is 309 g/mol. The van der Waals surface area contributed by atoms with E-state index in [1.807, 2.05) is 11.9 Å². The van der Waals surface area contributed by atoms with E-state index >= 15 is 0 Å². The van der Waals surface area contributed by atoms with E-state index in [1.165, 1.54) is 0 Å². The van der Waals surface area contributed by atoms with Crippen LogP contribution in [0.1, 0.15) is 30.6 Å². The molecule has 5 nitrogen and oxygen atoms in total. The second-order valence-corrected chi connectivity index (χ2v) is 5.80. The molecule has 0 radical (unpaired) electrons. The van der Waals surface area contributed by atoms with Gasteiger partial charge in [-0.15, -0.1) is 0 Å². The minimum Gasteiger partial charge on any atom is -0.339 e. The molecule has 0 aromatic carbocycles. The number of hydrogen-bond acceptors (Lipinski definition) is 6. The lowest BCUT2D eigenvalue weighted by Gasteiger charge is -2.29. The summed E-state index contributed by atoms with van der Waals surface area (Å²) in [7, 11) is 1.89. The molecule has 20 heavy (non-hydrogen) atoms. The van der Waals surface area contributed by atoms with Crippen LogP contribution in [0.15, 0.2) is 4.52 Å². The highest BCUT2D eigenvalue weighted by atomic mass is 32.2. The Labute approximate surface area is 117 Å². The van der Waals surface area contributed by atoms with Crippen LogP contribution in [0, 0.1) is 0 Å². The molecule has 1 fully saturated rings. The van der Waals surface area contributed by atoms with Crippen molar-refractivity contribution in [3.63, 3.8) is 0 Å². The number of Topliss-reactive ketones (excluding diaryl/α,β-unsaturated/α-hetero) is 1. The van der Waals surface area contributed by atoms with Gasteiger partial charge in [0.05, 0.1) is 6.04 Å². The van der Waals surface area contributed by atoms with Gasteiger partial charge in [0.1, 0.15) is 5.92 Å². The van der Waals surface area contributed by atoms with Gasteiger partial charge in [-0.25, -0.2) is 0 Å². The van der Waals surface area contributed by atoms with Crippen LogP contribution in [0.3, 0.4) is 0 Å². The third-order valence-electron chi connectivity index (χ3n) is 3.19. The van der Waals surface area contributed by atoms with Gasteiger partial charge >= 0.3 is 6.18 Å². The molecule has 0 spiro atoms. The van der Waals surface area contributed by atoms with E-state index in [2.05, 4.69) is 10.1 Å². The molecule has 1 aromatic heterocycles. The van der Waals surface area contributed by atoms with Crippen LogP contribution in [0.2, 0.25) is 0 Å². The van der Waals surface area contributed by atoms with Crippen molar-refractivity contribution in [1.82, 2.24) is 15.0 Å². The van der Waals surface area contributed by atoms with Crippen LogP contribution >= 0.6 is 11.8 Å². The molecule has 1 aliphatic rings. The van der Waals surface area contributed by atoms with Gasteiger partial charge in [0.25, 0.3) is 0 Å². The summed E-state index contributed by atoms with van der Waals surface area (Å²) in [5, 5.41) is 3.72. The number of rotatable bonds is 3. The van der Waals surface area contributed by atoms with Crippen molar-refractivity contribution in [2.45, 2.75) is 25.1 Å². The summed E-state index contributed by atoms with van der Waals surface area (Å²) in [4.78, 5) is 17.1. The number of thioether (sulfide) groups is 1. The minimum atomic E-state index is -4.90. The summed E-state index contributed by atoms with van der Waals surface area (Å²) in [6.45, 7) is 1.96. The average Bonchev–Trinajstić information content (AvgIpc) is 2.86. The van der Waals surface area contributed by atoms with E-state index in [0.717, 1.165) is 25.0 Å². The minimum absolute atomic E-state index is 0.0977. The van der Waals surface area contributed by atoms with Crippen molar-refractivity contribution >= 4 is 17.5 Å². The SMILES string of the molecule is CC(C(=O)C(F)(F)F)c1nc(C2CSCCN2C)no1. The molecule has 1 aliphatic heterocycles. The van der Waals surface area contributed by atoms with Gasteiger partial charge in [-0.2, -0.15) is 29.9 Å². The van der Waals surface area contributed by atoms with E-state index in [9.17, 15) is 18.0 Å². The Balaban J connectivity index is 2.14. The van der Waals surface area contributed by atoms with E-state index in [1.54, 1.807) is 11.8 Å². The molecule has 0 amide bonds. The van der Waals surface area contributed by atoms with Crippen LogP contribution in [0.25, 0.3) is 0 Å². The first-order chi connectivity index (χ1) is 9.30. The van der Waals surface area contributed by atoms with E-state index in [0.29, 0.717) is 5.82 Å². The normalized spacial score (nSPS) is 22.8. The molecule has 1 saturated heterocycles. The van der Waals surface area contributed by atoms with Crippen LogP contribution in [-0.4, -0.2) is 52.1 Å². The Morgan fingerprint density at radius 2 is 2.25 bits per heavy atom. The van der Waals surface area contributed by atoms with Crippen molar-refractivity contribution in [2.75, 3.05) is 25.1 Å². The fourth-order valence-corrected chi connectivity index (χ4v) is 3.08. The average molecular weight is 309 g/mol. The van der Waals surface area contributed by atoms with Crippen molar-refractivity contribution in [1.29, 1.82) is 0 Å². The van der Waals surface area contributed by atoms with E-state index in [-0.39, 0.29) is 11.9 Å². The van der Waals surface area contributed by atoms with E-state index < -0.39 is 17.9 Å². The fraction of sp³-hybridized carbons (Fsp3) is 0.727. The highest BCUT2D eigenvalue weighted by Gasteiger charge is 2.44. The second kappa shape index (κ2) is 5.72. The molecule has 2 atom stereocenters. The van der Waals surface area contributed by atoms with Gasteiger partial charge in [-0.05, 0) is 14.0 Å². The molecule has 2 heterocycles. The molecule has 0 bridgehead atoms. The zero-order valence-corrected chi connectivity index (χ0v) is 11.8. The summed E-state index contributed by atoms with van der Waals surface area (Å²) in [5.41, 5.74) is 0. The smallest absolute Gasteiger partial charge is 0.339 e. The Bertz CT molecular complexity index is 492. The Hall–Kier alpha value is -1.09. The fourth-order valence-electron chi connectivity index (χ4n) is 1.87. The maximum Gasteiger partial charge on any atom is 0.450 e. The first kappa shape index (κ1) is 15.3. The largest absolute Gasteiger partial charge is 0.450 e. The van der Waals surface area contributed by atoms with Crippen molar-refractivity contribution in [3.05, 3.63) is 11.7 Å². The second-order valence-electron chi connectivity index (χ2n) is 4.65. The number of ketones is 1. The third-order valence-corrected chi connectivity index (χ3v) is 4.22. The lowest BCUT2D eigenvalue weighted by molar-refractivity contribution is -0.172. The number of carbonyl (C=O) groups is 1. The first-order valence-electron chi connectivity index (χ1n) is 6.03. The van der Waals surface area contributed by atoms with Crippen molar-refractivity contribution in [2.24, 2.45) is 0 Å².